The smallest absolute Gasteiger partial charge is 0.220 e. The Morgan fingerprint density at radius 1 is 0.857 bits per heavy atom. The molecule has 1 rings (SSSR count). The molecule has 0 aromatic heterocycles. The van der Waals surface area contributed by atoms with Gasteiger partial charge in [-0.25, -0.2) is 0 Å². The van der Waals surface area contributed by atoms with Gasteiger partial charge in [-0.1, -0.05) is 67.7 Å². The van der Waals surface area contributed by atoms with Crippen molar-refractivity contribution in [1.82, 2.24) is 5.32 Å². The van der Waals surface area contributed by atoms with Crippen LogP contribution in [0.3, 0.4) is 0 Å². The Morgan fingerprint density at radius 3 is 1.96 bits per heavy atom. The van der Waals surface area contributed by atoms with Crippen molar-refractivity contribution in [1.29, 1.82) is 0 Å². The lowest BCUT2D eigenvalue weighted by atomic mass is 10.1. The van der Waals surface area contributed by atoms with Gasteiger partial charge in [0, 0.05) is 23.5 Å². The average Bonchev–Trinajstić information content (AvgIpc) is 3.45. The predicted molar refractivity (Wildman–Crippen MR) is 124 cm³/mol. The molecule has 1 aliphatic heterocycles. The summed E-state index contributed by atoms with van der Waals surface area (Å²) in [6.45, 7) is 2.50. The molecule has 1 amide bonds. The van der Waals surface area contributed by atoms with Gasteiger partial charge in [-0.15, -0.1) is 0 Å². The third-order valence-corrected chi connectivity index (χ3v) is 5.71. The van der Waals surface area contributed by atoms with Gasteiger partial charge in [-0.05, 0) is 44.9 Å². The molecule has 2 unspecified atom stereocenters. The maximum Gasteiger partial charge on any atom is 0.220 e. The van der Waals surface area contributed by atoms with Gasteiger partial charge in [0.25, 0.3) is 0 Å². The van der Waals surface area contributed by atoms with Crippen LogP contribution in [0.15, 0.2) is 60.8 Å². The molecule has 1 aliphatic rings. The molecule has 0 aromatic rings. The van der Waals surface area contributed by atoms with Crippen LogP contribution in [0.4, 0.5) is 0 Å². The van der Waals surface area contributed by atoms with Crippen LogP contribution >= 0.6 is 11.8 Å². The Kier molecular flexibility index (Phi) is 15.4. The molecule has 0 radical (unpaired) electrons. The minimum atomic E-state index is -0.00264. The first-order valence-electron chi connectivity index (χ1n) is 10.6. The van der Waals surface area contributed by atoms with Gasteiger partial charge < -0.3 is 10.4 Å². The van der Waals surface area contributed by atoms with Crippen LogP contribution in [0.1, 0.15) is 58.3 Å². The van der Waals surface area contributed by atoms with E-state index in [1.54, 1.807) is 0 Å². The highest BCUT2D eigenvalue weighted by atomic mass is 32.2. The van der Waals surface area contributed by atoms with Crippen LogP contribution in [-0.2, 0) is 4.79 Å². The number of hydrogen-bond acceptors (Lipinski definition) is 3. The number of allylic oxidation sites excluding steroid dienone is 10. The zero-order valence-electron chi connectivity index (χ0n) is 17.3. The second-order valence-electron chi connectivity index (χ2n) is 6.77. The van der Waals surface area contributed by atoms with E-state index in [1.807, 2.05) is 0 Å². The molecule has 3 nitrogen and oxygen atoms in total. The zero-order chi connectivity index (χ0) is 20.3. The average molecular weight is 404 g/mol. The van der Waals surface area contributed by atoms with Crippen molar-refractivity contribution in [2.45, 2.75) is 68.8 Å². The molecule has 0 bridgehead atoms. The fraction of sp³-hybridized carbons (Fsp3) is 0.542. The third kappa shape index (κ3) is 14.5. The molecule has 0 aromatic carbocycles. The molecule has 1 saturated heterocycles. The minimum Gasteiger partial charge on any atom is -0.395 e. The van der Waals surface area contributed by atoms with Gasteiger partial charge >= 0.3 is 0 Å². The van der Waals surface area contributed by atoms with E-state index in [1.165, 1.54) is 6.42 Å². The molecule has 0 aliphatic carbocycles. The molecule has 0 spiro atoms. The fourth-order valence-electron chi connectivity index (χ4n) is 2.65. The minimum absolute atomic E-state index is 0.000224. The zero-order valence-corrected chi connectivity index (χ0v) is 18.1. The van der Waals surface area contributed by atoms with Crippen molar-refractivity contribution in [2.24, 2.45) is 0 Å². The molecule has 156 valence electrons. The van der Waals surface area contributed by atoms with E-state index in [0.717, 1.165) is 49.0 Å². The maximum absolute atomic E-state index is 11.3. The fourth-order valence-corrected chi connectivity index (χ4v) is 3.68. The number of carbonyl (C=O) groups is 1. The van der Waals surface area contributed by atoms with Gasteiger partial charge in [-0.2, -0.15) is 11.8 Å². The topological polar surface area (TPSA) is 49.3 Å². The first-order valence-corrected chi connectivity index (χ1v) is 11.5. The van der Waals surface area contributed by atoms with Crippen LogP contribution in [0.5, 0.6) is 0 Å². The summed E-state index contributed by atoms with van der Waals surface area (Å²) >= 11 is 2.09. The number of hydrogen-bond donors (Lipinski definition) is 2. The Bertz CT molecular complexity index is 549. The summed E-state index contributed by atoms with van der Waals surface area (Å²) in [7, 11) is 0. The van der Waals surface area contributed by atoms with Crippen LogP contribution < -0.4 is 5.32 Å². The van der Waals surface area contributed by atoms with Gasteiger partial charge in [0.2, 0.25) is 5.91 Å². The van der Waals surface area contributed by atoms with Crippen molar-refractivity contribution in [3.63, 3.8) is 0 Å². The van der Waals surface area contributed by atoms with E-state index in [4.69, 9.17) is 5.11 Å². The lowest BCUT2D eigenvalue weighted by molar-refractivity contribution is -0.121. The van der Waals surface area contributed by atoms with Crippen LogP contribution in [0.25, 0.3) is 0 Å². The standard InChI is InChI=1S/C24H37NO2S/c1-2-3-4-5-6-7-8-11-14-17-22-23(28-22)18-15-12-9-10-13-16-19-24(27)25-20-21-26/h3-4,6-7,10-15,22-23,26H,2,5,8-9,16-21H2,1H3,(H,25,27)/b4-3-,7-6-,13-10-,14-11-,15-12-. The number of carbonyl (C=O) groups excluding carboxylic acids is 1. The summed E-state index contributed by atoms with van der Waals surface area (Å²) in [5.74, 6) is 0.000224. The second-order valence-corrected chi connectivity index (χ2v) is 8.25. The normalized spacial score (nSPS) is 19.8. The maximum atomic E-state index is 11.3. The van der Waals surface area contributed by atoms with Crippen molar-refractivity contribution < 1.29 is 9.90 Å². The molecule has 0 saturated carbocycles. The van der Waals surface area contributed by atoms with Gasteiger partial charge in [-0.3, -0.25) is 4.79 Å². The lowest BCUT2D eigenvalue weighted by Crippen LogP contribution is -2.25. The van der Waals surface area contributed by atoms with Crippen LogP contribution in [0, 0.1) is 0 Å². The Morgan fingerprint density at radius 2 is 1.39 bits per heavy atom. The Balaban J connectivity index is 1.96. The van der Waals surface area contributed by atoms with Gasteiger partial charge in [0.15, 0.2) is 0 Å². The third-order valence-electron chi connectivity index (χ3n) is 4.28. The highest BCUT2D eigenvalue weighted by Crippen LogP contribution is 2.46. The monoisotopic (exact) mass is 403 g/mol. The molecule has 28 heavy (non-hydrogen) atoms. The second kappa shape index (κ2) is 17.6. The quantitative estimate of drug-likeness (QED) is 0.264. The number of amides is 1. The number of thioether (sulfide) groups is 1. The molecular weight excluding hydrogens is 366 g/mol. The number of nitrogens with one attached hydrogen (secondary N) is 1. The highest BCUT2D eigenvalue weighted by Gasteiger charge is 2.35. The summed E-state index contributed by atoms with van der Waals surface area (Å²) in [5.41, 5.74) is 0. The molecule has 4 heteroatoms. The molecule has 2 N–H and O–H groups in total. The number of aliphatic hydroxyl groups is 1. The lowest BCUT2D eigenvalue weighted by Gasteiger charge is -1.99. The first kappa shape index (κ1) is 24.5. The summed E-state index contributed by atoms with van der Waals surface area (Å²) < 4.78 is 0. The van der Waals surface area contributed by atoms with Crippen LogP contribution in [-0.4, -0.2) is 34.7 Å². The van der Waals surface area contributed by atoms with E-state index in [0.29, 0.717) is 13.0 Å². The Hall–Kier alpha value is -1.52. The van der Waals surface area contributed by atoms with E-state index in [2.05, 4.69) is 84.8 Å². The highest BCUT2D eigenvalue weighted by molar-refractivity contribution is 8.07. The molecule has 2 atom stereocenters. The van der Waals surface area contributed by atoms with Gasteiger partial charge in [0.05, 0.1) is 6.61 Å². The van der Waals surface area contributed by atoms with E-state index in [-0.39, 0.29) is 12.5 Å². The summed E-state index contributed by atoms with van der Waals surface area (Å²) in [6, 6.07) is 0. The van der Waals surface area contributed by atoms with E-state index < -0.39 is 0 Å². The summed E-state index contributed by atoms with van der Waals surface area (Å²) in [6.07, 6.45) is 29.9. The van der Waals surface area contributed by atoms with E-state index >= 15 is 0 Å². The Labute approximate surface area is 175 Å². The van der Waals surface area contributed by atoms with E-state index in [9.17, 15) is 4.79 Å². The molecular formula is C24H37NO2S. The molecule has 1 heterocycles. The summed E-state index contributed by atoms with van der Waals surface area (Å²) in [4.78, 5) is 11.3. The van der Waals surface area contributed by atoms with Crippen molar-refractivity contribution in [3.8, 4) is 0 Å². The largest absolute Gasteiger partial charge is 0.395 e. The number of rotatable bonds is 16. The predicted octanol–water partition coefficient (Wildman–Crippen LogP) is 5.50. The van der Waals surface area contributed by atoms with Crippen molar-refractivity contribution >= 4 is 17.7 Å². The van der Waals surface area contributed by atoms with Crippen LogP contribution in [0.2, 0.25) is 0 Å². The number of aliphatic hydroxyl groups excluding tert-OH is 1. The first-order chi connectivity index (χ1) is 13.8. The van der Waals surface area contributed by atoms with Crippen molar-refractivity contribution in [2.75, 3.05) is 13.2 Å². The summed E-state index contributed by atoms with van der Waals surface area (Å²) in [5, 5.41) is 12.9. The SMILES string of the molecule is CC/C=C\C/C=C\C/C=C\CC1SC1C/C=C\C/C=C\CCC(=O)NCCO. The molecule has 1 fully saturated rings. The van der Waals surface area contributed by atoms with Crippen molar-refractivity contribution in [3.05, 3.63) is 60.8 Å². The van der Waals surface area contributed by atoms with Gasteiger partial charge in [0.1, 0.15) is 0 Å².